The molecule has 0 saturated carbocycles. The third-order valence-electron chi connectivity index (χ3n) is 2.49. The lowest BCUT2D eigenvalue weighted by Gasteiger charge is -2.17. The Hall–Kier alpha value is -0.980. The summed E-state index contributed by atoms with van der Waals surface area (Å²) in [6.45, 7) is 4.09. The Morgan fingerprint density at radius 1 is 1.20 bits per heavy atom. The fourth-order valence-electron chi connectivity index (χ4n) is 1.56. The standard InChI is InChI=1S/C14H22O/c1-3-5-7-10-13(4-2)15-14-11-8-6-9-12-14/h6,8-9,11-13H,3-5,7,10H2,1-2H3/t13-/m0/s1/i4D/t4-,13-. The van der Waals surface area contributed by atoms with Gasteiger partial charge in [-0.3, -0.25) is 0 Å². The van der Waals surface area contributed by atoms with Crippen LogP contribution in [0.4, 0.5) is 0 Å². The molecule has 0 unspecified atom stereocenters. The van der Waals surface area contributed by atoms with Crippen LogP contribution < -0.4 is 4.74 Å². The van der Waals surface area contributed by atoms with Crippen molar-refractivity contribution in [3.63, 3.8) is 0 Å². The zero-order chi connectivity index (χ0) is 11.8. The quantitative estimate of drug-likeness (QED) is 0.601. The Kier molecular flexibility index (Phi) is 5.15. The average molecular weight is 207 g/mol. The first kappa shape index (κ1) is 10.5. The molecule has 1 heteroatoms. The van der Waals surface area contributed by atoms with E-state index in [1.54, 1.807) is 0 Å². The molecule has 0 spiro atoms. The van der Waals surface area contributed by atoms with Crippen LogP contribution in [-0.4, -0.2) is 6.10 Å². The lowest BCUT2D eigenvalue weighted by Crippen LogP contribution is -2.14. The minimum Gasteiger partial charge on any atom is -0.490 e. The maximum absolute atomic E-state index is 7.79. The Labute approximate surface area is 94.9 Å². The lowest BCUT2D eigenvalue weighted by molar-refractivity contribution is 0.183. The fraction of sp³-hybridized carbons (Fsp3) is 0.571. The maximum atomic E-state index is 7.79. The fourth-order valence-corrected chi connectivity index (χ4v) is 1.56. The van der Waals surface area contributed by atoms with Gasteiger partial charge in [-0.25, -0.2) is 0 Å². The van der Waals surface area contributed by atoms with Crippen LogP contribution >= 0.6 is 0 Å². The molecular weight excluding hydrogens is 184 g/mol. The van der Waals surface area contributed by atoms with Crippen molar-refractivity contribution in [2.24, 2.45) is 0 Å². The number of benzene rings is 1. The predicted octanol–water partition coefficient (Wildman–Crippen LogP) is 4.42. The van der Waals surface area contributed by atoms with Crippen molar-refractivity contribution < 1.29 is 6.11 Å². The number of hydrogen-bond donors (Lipinski definition) is 0. The average Bonchev–Trinajstić information content (AvgIpc) is 2.29. The van der Waals surface area contributed by atoms with Gasteiger partial charge in [0.2, 0.25) is 0 Å². The predicted molar refractivity (Wildman–Crippen MR) is 65.3 cm³/mol. The third-order valence-corrected chi connectivity index (χ3v) is 2.49. The van der Waals surface area contributed by atoms with Gasteiger partial charge in [-0.2, -0.15) is 0 Å². The molecule has 0 aromatic heterocycles. The van der Waals surface area contributed by atoms with E-state index in [0.717, 1.165) is 18.6 Å². The Bertz CT molecular complexity index is 271. The summed E-state index contributed by atoms with van der Waals surface area (Å²) >= 11 is 0. The summed E-state index contributed by atoms with van der Waals surface area (Å²) in [7, 11) is 0. The van der Waals surface area contributed by atoms with E-state index in [1.807, 2.05) is 37.3 Å². The van der Waals surface area contributed by atoms with Crippen LogP contribution in [0.5, 0.6) is 5.75 Å². The van der Waals surface area contributed by atoms with E-state index in [1.165, 1.54) is 12.8 Å². The van der Waals surface area contributed by atoms with Crippen LogP contribution in [0.15, 0.2) is 30.3 Å². The highest BCUT2D eigenvalue weighted by Crippen LogP contribution is 2.16. The van der Waals surface area contributed by atoms with Gasteiger partial charge in [0.1, 0.15) is 5.75 Å². The molecule has 0 N–H and O–H groups in total. The van der Waals surface area contributed by atoms with Gasteiger partial charge in [-0.1, -0.05) is 44.9 Å². The summed E-state index contributed by atoms with van der Waals surface area (Å²) in [5.41, 5.74) is 0. The number of ether oxygens (including phenoxy) is 1. The first-order valence-electron chi connectivity index (χ1n) is 6.45. The van der Waals surface area contributed by atoms with Gasteiger partial charge >= 0.3 is 0 Å². The van der Waals surface area contributed by atoms with Crippen molar-refractivity contribution in [1.29, 1.82) is 0 Å². The monoisotopic (exact) mass is 207 g/mol. The second-order valence-corrected chi connectivity index (χ2v) is 3.80. The van der Waals surface area contributed by atoms with E-state index in [9.17, 15) is 0 Å². The van der Waals surface area contributed by atoms with Crippen LogP contribution in [0, 0.1) is 0 Å². The molecule has 0 radical (unpaired) electrons. The van der Waals surface area contributed by atoms with E-state index in [2.05, 4.69) is 6.92 Å². The van der Waals surface area contributed by atoms with Gasteiger partial charge in [0.05, 0.1) is 6.10 Å². The van der Waals surface area contributed by atoms with E-state index >= 15 is 0 Å². The molecular formula is C14H22O. The van der Waals surface area contributed by atoms with Crippen LogP contribution in [0.25, 0.3) is 0 Å². The Morgan fingerprint density at radius 2 is 1.93 bits per heavy atom. The second-order valence-electron chi connectivity index (χ2n) is 3.80. The van der Waals surface area contributed by atoms with Crippen molar-refractivity contribution in [1.82, 2.24) is 0 Å². The molecule has 84 valence electrons. The van der Waals surface area contributed by atoms with Crippen molar-refractivity contribution in [2.75, 3.05) is 0 Å². The number of unbranched alkanes of at least 4 members (excludes halogenated alkanes) is 2. The zero-order valence-corrected chi connectivity index (χ0v) is 9.78. The third kappa shape index (κ3) is 4.87. The summed E-state index contributed by atoms with van der Waals surface area (Å²) in [5, 5.41) is 0. The molecule has 0 amide bonds. The summed E-state index contributed by atoms with van der Waals surface area (Å²) < 4.78 is 13.6. The van der Waals surface area contributed by atoms with Crippen molar-refractivity contribution in [2.45, 2.75) is 52.0 Å². The molecule has 0 aliphatic rings. The van der Waals surface area contributed by atoms with Gasteiger partial charge < -0.3 is 4.74 Å². The first-order chi connectivity index (χ1) is 7.74. The molecule has 1 aromatic carbocycles. The lowest BCUT2D eigenvalue weighted by atomic mass is 10.1. The summed E-state index contributed by atoms with van der Waals surface area (Å²) in [5.74, 6) is 0.878. The molecule has 0 bridgehead atoms. The molecule has 0 saturated heterocycles. The van der Waals surface area contributed by atoms with Crippen molar-refractivity contribution in [3.8, 4) is 5.75 Å². The normalized spacial score (nSPS) is 15.5. The van der Waals surface area contributed by atoms with E-state index < -0.39 is 0 Å². The van der Waals surface area contributed by atoms with Gasteiger partial charge in [0, 0.05) is 1.37 Å². The molecule has 2 atom stereocenters. The van der Waals surface area contributed by atoms with E-state index in [0.29, 0.717) is 0 Å². The van der Waals surface area contributed by atoms with Crippen LogP contribution in [-0.2, 0) is 0 Å². The summed E-state index contributed by atoms with van der Waals surface area (Å²) in [6.07, 6.45) is 4.42. The molecule has 0 fully saturated rings. The van der Waals surface area contributed by atoms with Crippen LogP contribution in [0.3, 0.4) is 0 Å². The van der Waals surface area contributed by atoms with Gasteiger partial charge in [-0.15, -0.1) is 0 Å². The van der Waals surface area contributed by atoms with Gasteiger partial charge in [0.25, 0.3) is 0 Å². The number of hydrogen-bond acceptors (Lipinski definition) is 1. The summed E-state index contributed by atoms with van der Waals surface area (Å²) in [6, 6.07) is 9.81. The van der Waals surface area contributed by atoms with Crippen molar-refractivity contribution >= 4 is 0 Å². The minimum absolute atomic E-state index is 0.0222. The Balaban J connectivity index is 2.45. The highest BCUT2D eigenvalue weighted by Gasteiger charge is 2.06. The van der Waals surface area contributed by atoms with Gasteiger partial charge in [0.15, 0.2) is 0 Å². The molecule has 0 aliphatic heterocycles. The number of para-hydroxylation sites is 1. The van der Waals surface area contributed by atoms with Crippen molar-refractivity contribution in [3.05, 3.63) is 30.3 Å². The molecule has 1 rings (SSSR count). The summed E-state index contributed by atoms with van der Waals surface area (Å²) in [4.78, 5) is 0. The zero-order valence-electron chi connectivity index (χ0n) is 10.8. The maximum Gasteiger partial charge on any atom is 0.119 e. The minimum atomic E-state index is -0.169. The molecule has 0 heterocycles. The Morgan fingerprint density at radius 3 is 2.53 bits per heavy atom. The molecule has 1 nitrogen and oxygen atoms in total. The topological polar surface area (TPSA) is 9.23 Å². The smallest absolute Gasteiger partial charge is 0.119 e. The molecule has 1 aromatic rings. The molecule has 0 aliphatic carbocycles. The highest BCUT2D eigenvalue weighted by atomic mass is 16.5. The number of rotatable bonds is 7. The van der Waals surface area contributed by atoms with Crippen LogP contribution in [0.1, 0.15) is 47.3 Å². The first-order valence-corrected chi connectivity index (χ1v) is 5.88. The highest BCUT2D eigenvalue weighted by molar-refractivity contribution is 5.21. The largest absolute Gasteiger partial charge is 0.490 e. The van der Waals surface area contributed by atoms with E-state index in [-0.39, 0.29) is 12.5 Å². The molecule has 15 heavy (non-hydrogen) atoms. The second kappa shape index (κ2) is 7.33. The van der Waals surface area contributed by atoms with Crippen LogP contribution in [0.2, 0.25) is 0 Å². The van der Waals surface area contributed by atoms with E-state index in [4.69, 9.17) is 6.11 Å². The SMILES string of the molecule is [2H][C@@H](C)[C@@H](CCCCC)Oc1ccccc1. The van der Waals surface area contributed by atoms with Gasteiger partial charge in [-0.05, 0) is 31.4 Å².